The van der Waals surface area contributed by atoms with Crippen molar-refractivity contribution in [3.8, 4) is 0 Å². The molecule has 0 saturated heterocycles. The molecule has 9 heteroatoms. The number of rotatable bonds is 14. The highest BCUT2D eigenvalue weighted by atomic mass is 15.1. The summed E-state index contributed by atoms with van der Waals surface area (Å²) in [5.41, 5.74) is 26.0. The fraction of sp³-hybridized carbons (Fsp3) is 0.564. The van der Waals surface area contributed by atoms with Crippen LogP contribution in [0.4, 0.5) is 0 Å². The quantitative estimate of drug-likeness (QED) is 0.100. The van der Waals surface area contributed by atoms with E-state index in [4.69, 9.17) is 0 Å². The molecule has 0 fully saturated rings. The molecule has 0 radical (unpaired) electrons. The van der Waals surface area contributed by atoms with Gasteiger partial charge in [0.1, 0.15) is 0 Å². The average Bonchev–Trinajstić information content (AvgIpc) is 1.62. The third kappa shape index (κ3) is 33.8. The number of hydrogen-bond acceptors (Lipinski definition) is 6. The fourth-order valence-electron chi connectivity index (χ4n) is 13.0. The molecule has 6 heterocycles. The van der Waals surface area contributed by atoms with Crippen LogP contribution in [0.1, 0.15) is 463 Å². The second-order valence-electron chi connectivity index (χ2n) is 30.6. The van der Waals surface area contributed by atoms with Gasteiger partial charge in [-0.2, -0.15) is 15.3 Å². The second kappa shape index (κ2) is 58.4. The van der Waals surface area contributed by atoms with Crippen molar-refractivity contribution in [1.82, 2.24) is 40.6 Å². The predicted octanol–water partition coefficient (Wildman–Crippen LogP) is 33.1. The van der Waals surface area contributed by atoms with E-state index in [2.05, 4.69) is 324 Å². The van der Waals surface area contributed by atoms with Gasteiger partial charge in [0.25, 0.3) is 0 Å². The molecule has 0 bridgehead atoms. The van der Waals surface area contributed by atoms with Crippen LogP contribution >= 0.6 is 0 Å². The van der Waals surface area contributed by atoms with Crippen LogP contribution in [-0.2, 0) is 6.54 Å². The van der Waals surface area contributed by atoms with Crippen molar-refractivity contribution in [2.45, 2.75) is 380 Å². The summed E-state index contributed by atoms with van der Waals surface area (Å²) in [6.07, 6.45) is 11.5. The lowest BCUT2D eigenvalue weighted by molar-refractivity contribution is 0.757. The van der Waals surface area contributed by atoms with E-state index in [0.717, 1.165) is 23.1 Å². The minimum Gasteiger partial charge on any atom is -0.288 e. The van der Waals surface area contributed by atoms with E-state index in [9.17, 15) is 0 Å². The van der Waals surface area contributed by atoms with Gasteiger partial charge in [-0.15, -0.1) is 0 Å². The molecule has 0 saturated carbocycles. The van der Waals surface area contributed by atoms with Crippen LogP contribution in [0.25, 0.3) is 32.7 Å². The predicted molar refractivity (Wildman–Crippen MR) is 498 cm³/mol. The summed E-state index contributed by atoms with van der Waals surface area (Å²) in [7, 11) is 0. The van der Waals surface area contributed by atoms with Crippen molar-refractivity contribution in [1.29, 1.82) is 0 Å². The van der Waals surface area contributed by atoms with Crippen molar-refractivity contribution in [3.05, 3.63) is 217 Å². The first-order valence-corrected chi connectivity index (χ1v) is 43.3. The van der Waals surface area contributed by atoms with Crippen LogP contribution in [-0.4, -0.2) is 46.8 Å². The lowest BCUT2D eigenvalue weighted by Crippen LogP contribution is -2.01. The molecule has 1 aliphatic heterocycles. The highest BCUT2D eigenvalue weighted by Gasteiger charge is 2.19. The van der Waals surface area contributed by atoms with E-state index in [1.807, 2.05) is 146 Å². The minimum absolute atomic E-state index is 0.531. The fourth-order valence-corrected chi connectivity index (χ4v) is 13.0. The minimum atomic E-state index is 0.531. The summed E-state index contributed by atoms with van der Waals surface area (Å²) < 4.78 is 0. The first-order chi connectivity index (χ1) is 52.3. The van der Waals surface area contributed by atoms with Gasteiger partial charge < -0.3 is 0 Å². The lowest BCUT2D eigenvalue weighted by atomic mass is 9.87. The Kier molecular flexibility index (Phi) is 56.6. The van der Waals surface area contributed by atoms with Gasteiger partial charge in [-0.05, 0) is 203 Å². The van der Waals surface area contributed by atoms with Crippen molar-refractivity contribution < 1.29 is 0 Å². The summed E-state index contributed by atoms with van der Waals surface area (Å²) in [5.74, 6) is 8.08. The lowest BCUT2D eigenvalue weighted by Gasteiger charge is -2.17. The van der Waals surface area contributed by atoms with Gasteiger partial charge in [0.05, 0.1) is 41.7 Å². The molecule has 0 amide bonds. The molecule has 10 aromatic rings. The SMILES string of the molecule is CC.CC.CC.CC.CC.CC.CC.CC(C)c1cc2c(cc1C(C)C)CN=C2.CC(C)c1cc2cn[nH]c2cc1C(C)C.CC(C)c1ccc2[nH]ncc2c1C(C)C.CC(C)c1ccc2[nH]ncc2c1C(C)C.CC(C)c1ccccc1C(C)C.CC(C)c1cccnc1C(C)C.CC(C)c1cccnc1C(C)C. The summed E-state index contributed by atoms with van der Waals surface area (Å²) in [6.45, 7) is 91.4. The van der Waals surface area contributed by atoms with E-state index in [-0.39, 0.29) is 0 Å². The third-order valence-electron chi connectivity index (χ3n) is 18.1. The number of H-pyrrole nitrogens is 3. The number of fused-ring (bicyclic) bond motifs is 4. The van der Waals surface area contributed by atoms with Crippen LogP contribution in [0.2, 0.25) is 0 Å². The Balaban J connectivity index is -0.00000118. The van der Waals surface area contributed by atoms with E-state index in [1.54, 1.807) is 0 Å². The van der Waals surface area contributed by atoms with E-state index in [1.165, 1.54) is 105 Å². The molecular weight excluding hydrogens is 1340 g/mol. The Morgan fingerprint density at radius 2 is 0.564 bits per heavy atom. The summed E-state index contributed by atoms with van der Waals surface area (Å²) >= 11 is 0. The van der Waals surface area contributed by atoms with Gasteiger partial charge >= 0.3 is 0 Å². The standard InChI is InChI=1S/C14H19N.3C13H18N2.C12H18.2C11H17N.7C2H6/c1-9(2)13-5-11-7-15-8-12(11)6-14(13)10(3)4;1-8(2)11-5-10-7-14-15-13(10)6-12(11)9(3)4;2*1-8(2)10-5-6-12-11(7-14-15-12)13(10)9(3)4;1-9(2)11-7-5-6-8-12(11)10(3)4;2*1-8(2)10-6-5-7-12-11(10)9(3)4;7*1-2/h5-7,9-10H,8H2,1-4H3;3*5-9H,1-4H3,(H,14,15);5-10H,1-4H3;2*5-9H,1-4H3;7*1-2H3. The third-order valence-corrected chi connectivity index (χ3v) is 18.1. The number of aliphatic imine (C=N–C) groups is 1. The summed E-state index contributed by atoms with van der Waals surface area (Å²) in [6, 6.07) is 35.0. The Morgan fingerprint density at radius 3 is 0.882 bits per heavy atom. The molecule has 5 aromatic carbocycles. The molecule has 1 aliphatic rings. The Morgan fingerprint density at radius 1 is 0.264 bits per heavy atom. The smallest absolute Gasteiger partial charge is 0.0653 e. The number of nitrogens with one attached hydrogen (secondary N) is 3. The van der Waals surface area contributed by atoms with Crippen LogP contribution in [0.5, 0.6) is 0 Å². The summed E-state index contributed by atoms with van der Waals surface area (Å²) in [5, 5.41) is 25.2. The van der Waals surface area contributed by atoms with Crippen molar-refractivity contribution in [2.24, 2.45) is 4.99 Å². The maximum absolute atomic E-state index is 4.40. The topological polar surface area (TPSA) is 124 Å². The normalized spacial score (nSPS) is 10.8. The van der Waals surface area contributed by atoms with Crippen molar-refractivity contribution >= 4 is 38.9 Å². The first kappa shape index (κ1) is 107. The molecule has 3 N–H and O–H groups in total. The Hall–Kier alpha value is -7.52. The van der Waals surface area contributed by atoms with Gasteiger partial charge in [0.2, 0.25) is 0 Å². The zero-order chi connectivity index (χ0) is 85.4. The van der Waals surface area contributed by atoms with Crippen LogP contribution < -0.4 is 0 Å². The molecule has 110 heavy (non-hydrogen) atoms. The number of hydrogen-bond donors (Lipinski definition) is 3. The molecular formula is C101H167N9. The van der Waals surface area contributed by atoms with Crippen LogP contribution in [0, 0.1) is 0 Å². The summed E-state index contributed by atoms with van der Waals surface area (Å²) in [4.78, 5) is 13.1. The van der Waals surface area contributed by atoms with E-state index < -0.39 is 0 Å². The molecule has 5 aromatic heterocycles. The number of pyridine rings is 2. The molecule has 9 nitrogen and oxygen atoms in total. The van der Waals surface area contributed by atoms with Gasteiger partial charge in [-0.3, -0.25) is 30.3 Å². The monoisotopic (exact) mass is 1510 g/mol. The molecule has 0 unspecified atom stereocenters. The van der Waals surface area contributed by atoms with Crippen LogP contribution in [0.3, 0.4) is 0 Å². The number of aromatic amines is 3. The Bertz CT molecular complexity index is 3620. The second-order valence-corrected chi connectivity index (χ2v) is 30.6. The largest absolute Gasteiger partial charge is 0.288 e. The van der Waals surface area contributed by atoms with Gasteiger partial charge in [0, 0.05) is 46.2 Å². The molecule has 11 rings (SSSR count). The highest BCUT2D eigenvalue weighted by Crippen LogP contribution is 2.36. The molecule has 0 atom stereocenters. The molecule has 616 valence electrons. The van der Waals surface area contributed by atoms with Gasteiger partial charge in [0.15, 0.2) is 0 Å². The molecule has 0 aliphatic carbocycles. The van der Waals surface area contributed by atoms with Gasteiger partial charge in [-0.25, -0.2) is 0 Å². The van der Waals surface area contributed by atoms with Crippen molar-refractivity contribution in [3.63, 3.8) is 0 Å². The first-order valence-electron chi connectivity index (χ1n) is 43.3. The van der Waals surface area contributed by atoms with Gasteiger partial charge in [-0.1, -0.05) is 345 Å². The number of benzene rings is 5. The Labute approximate surface area is 678 Å². The maximum atomic E-state index is 4.40. The maximum Gasteiger partial charge on any atom is 0.0653 e. The van der Waals surface area contributed by atoms with Crippen LogP contribution in [0.15, 0.2) is 133 Å². The highest BCUT2D eigenvalue weighted by molar-refractivity contribution is 5.86. The molecule has 0 spiro atoms. The van der Waals surface area contributed by atoms with Crippen molar-refractivity contribution in [2.75, 3.05) is 0 Å². The zero-order valence-corrected chi connectivity index (χ0v) is 78.7. The van der Waals surface area contributed by atoms with E-state index in [0.29, 0.717) is 82.9 Å². The van der Waals surface area contributed by atoms with E-state index >= 15 is 0 Å². The zero-order valence-electron chi connectivity index (χ0n) is 78.7. The average molecular weight is 1510 g/mol. The number of nitrogens with zero attached hydrogens (tertiary/aromatic N) is 6. The number of aromatic nitrogens is 8.